The van der Waals surface area contributed by atoms with Crippen molar-refractivity contribution >= 4 is 33.0 Å². The van der Waals surface area contributed by atoms with E-state index >= 15 is 0 Å². The summed E-state index contributed by atoms with van der Waals surface area (Å²) in [6.07, 6.45) is 2.26. The molecule has 1 fully saturated rings. The molecule has 0 atom stereocenters. The van der Waals surface area contributed by atoms with Gasteiger partial charge in [-0.05, 0) is 63.8 Å². The maximum Gasteiger partial charge on any atom is 0.410 e. The van der Waals surface area contributed by atoms with Gasteiger partial charge in [0.05, 0.1) is 0 Å². The number of carbonyl (C=O) groups excluding carboxylic acids is 1. The third kappa shape index (κ3) is 4.80. The Hall–Kier alpha value is -2.35. The number of aromatic nitrogens is 2. The molecule has 2 aromatic heterocycles. The number of furan rings is 1. The Balaban J connectivity index is 1.35. The van der Waals surface area contributed by atoms with Crippen molar-refractivity contribution in [3.05, 3.63) is 34.6 Å². The van der Waals surface area contributed by atoms with E-state index in [2.05, 4.69) is 26.1 Å². The first kappa shape index (κ1) is 19.9. The fraction of sp³-hybridized carbons (Fsp3) is 0.476. The topological polar surface area (TPSA) is 81.6 Å². The second kappa shape index (κ2) is 7.82. The number of fused-ring (bicyclic) bond motifs is 1. The largest absolute Gasteiger partial charge is 0.451 e. The zero-order chi connectivity index (χ0) is 20.6. The molecule has 1 saturated heterocycles. The molecule has 3 aromatic rings. The van der Waals surface area contributed by atoms with Crippen molar-refractivity contribution in [3.63, 3.8) is 0 Å². The van der Waals surface area contributed by atoms with Crippen molar-refractivity contribution in [3.8, 4) is 11.7 Å². The molecule has 8 heteroatoms. The molecule has 0 aliphatic carbocycles. The van der Waals surface area contributed by atoms with Crippen molar-refractivity contribution in [2.24, 2.45) is 5.92 Å². The normalized spacial score (nSPS) is 15.8. The Morgan fingerprint density at radius 3 is 2.76 bits per heavy atom. The third-order valence-corrected chi connectivity index (χ3v) is 5.39. The summed E-state index contributed by atoms with van der Waals surface area (Å²) < 4.78 is 17.7. The Morgan fingerprint density at radius 2 is 2.03 bits per heavy atom. The molecule has 1 aliphatic rings. The molecule has 0 bridgehead atoms. The smallest absolute Gasteiger partial charge is 0.410 e. The van der Waals surface area contributed by atoms with Gasteiger partial charge in [0.25, 0.3) is 5.89 Å². The quantitative estimate of drug-likeness (QED) is 0.516. The van der Waals surface area contributed by atoms with Crippen molar-refractivity contribution in [1.29, 1.82) is 0 Å². The van der Waals surface area contributed by atoms with Crippen LogP contribution in [-0.2, 0) is 11.2 Å². The predicted molar refractivity (Wildman–Crippen MR) is 111 cm³/mol. The number of likely N-dealkylation sites (tertiary alicyclic amines) is 1. The SMILES string of the molecule is CC(C)(C)OC(=O)N1CCC(Cc2noc(-c3cc4cc(Br)ccc4o3)n2)CC1. The molecule has 7 nitrogen and oxygen atoms in total. The fourth-order valence-electron chi connectivity index (χ4n) is 3.46. The van der Waals surface area contributed by atoms with Crippen LogP contribution in [-0.4, -0.2) is 39.8 Å². The van der Waals surface area contributed by atoms with Crippen LogP contribution in [0.3, 0.4) is 0 Å². The first-order valence-electron chi connectivity index (χ1n) is 9.77. The number of hydrogen-bond acceptors (Lipinski definition) is 6. The Morgan fingerprint density at radius 1 is 1.28 bits per heavy atom. The third-order valence-electron chi connectivity index (χ3n) is 4.89. The number of nitrogens with zero attached hydrogens (tertiary/aromatic N) is 3. The van der Waals surface area contributed by atoms with Gasteiger partial charge in [-0.25, -0.2) is 4.79 Å². The summed E-state index contributed by atoms with van der Waals surface area (Å²) in [5.41, 5.74) is 0.305. The summed E-state index contributed by atoms with van der Waals surface area (Å²) >= 11 is 3.46. The van der Waals surface area contributed by atoms with Crippen molar-refractivity contribution in [2.45, 2.75) is 45.6 Å². The minimum atomic E-state index is -0.471. The fourth-order valence-corrected chi connectivity index (χ4v) is 3.84. The van der Waals surface area contributed by atoms with Crippen LogP contribution < -0.4 is 0 Å². The molecule has 0 spiro atoms. The first-order valence-corrected chi connectivity index (χ1v) is 10.6. The standard InChI is InChI=1S/C21H24BrN3O4/c1-21(2,3)28-20(26)25-8-6-13(7-9-25)10-18-23-19(29-24-18)17-12-14-11-15(22)4-5-16(14)27-17/h4-5,11-13H,6-10H2,1-3H3. The molecule has 1 amide bonds. The molecule has 1 aliphatic heterocycles. The summed E-state index contributed by atoms with van der Waals surface area (Å²) in [4.78, 5) is 18.5. The monoisotopic (exact) mass is 461 g/mol. The van der Waals surface area contributed by atoms with E-state index < -0.39 is 5.60 Å². The number of hydrogen-bond donors (Lipinski definition) is 0. The van der Waals surface area contributed by atoms with Crippen molar-refractivity contribution < 1.29 is 18.5 Å². The van der Waals surface area contributed by atoms with Gasteiger partial charge in [-0.1, -0.05) is 21.1 Å². The highest BCUT2D eigenvalue weighted by Gasteiger charge is 2.28. The second-order valence-corrected chi connectivity index (χ2v) is 9.34. The van der Waals surface area contributed by atoms with E-state index in [-0.39, 0.29) is 6.09 Å². The highest BCUT2D eigenvalue weighted by molar-refractivity contribution is 9.10. The molecular formula is C21H24BrN3O4. The highest BCUT2D eigenvalue weighted by Crippen LogP contribution is 2.29. The zero-order valence-electron chi connectivity index (χ0n) is 16.8. The summed E-state index contributed by atoms with van der Waals surface area (Å²) in [6.45, 7) is 7.01. The maximum atomic E-state index is 12.2. The Kier molecular flexibility index (Phi) is 5.38. The number of carbonyl (C=O) groups is 1. The first-order chi connectivity index (χ1) is 13.8. The number of halogens is 1. The van der Waals surface area contributed by atoms with Gasteiger partial charge < -0.3 is 18.6 Å². The lowest BCUT2D eigenvalue weighted by Gasteiger charge is -2.33. The number of amides is 1. The summed E-state index contributed by atoms with van der Waals surface area (Å²) in [5, 5.41) is 5.09. The maximum absolute atomic E-state index is 12.2. The average Bonchev–Trinajstić information content (AvgIpc) is 3.27. The van der Waals surface area contributed by atoms with Crippen LogP contribution in [0.15, 0.2) is 37.7 Å². The lowest BCUT2D eigenvalue weighted by Crippen LogP contribution is -2.42. The van der Waals surface area contributed by atoms with Gasteiger partial charge in [0, 0.05) is 29.4 Å². The molecular weight excluding hydrogens is 438 g/mol. The summed E-state index contributed by atoms with van der Waals surface area (Å²) in [6, 6.07) is 7.71. The van der Waals surface area contributed by atoms with Gasteiger partial charge in [0.2, 0.25) is 0 Å². The van der Waals surface area contributed by atoms with Crippen molar-refractivity contribution in [2.75, 3.05) is 13.1 Å². The van der Waals surface area contributed by atoms with Crippen molar-refractivity contribution in [1.82, 2.24) is 15.0 Å². The molecule has 0 unspecified atom stereocenters. The minimum Gasteiger partial charge on any atom is -0.451 e. The Labute approximate surface area is 177 Å². The number of ether oxygens (including phenoxy) is 1. The van der Waals surface area contributed by atoms with E-state index in [1.807, 2.05) is 45.0 Å². The number of benzene rings is 1. The molecule has 3 heterocycles. The van der Waals surface area contributed by atoms with Gasteiger partial charge in [0.1, 0.15) is 11.2 Å². The molecule has 0 N–H and O–H groups in total. The van der Waals surface area contributed by atoms with Gasteiger partial charge in [-0.15, -0.1) is 0 Å². The van der Waals surface area contributed by atoms with Crippen LogP contribution in [0.4, 0.5) is 4.79 Å². The summed E-state index contributed by atoms with van der Waals surface area (Å²) in [7, 11) is 0. The van der Waals surface area contributed by atoms with E-state index in [9.17, 15) is 4.79 Å². The van der Waals surface area contributed by atoms with E-state index in [0.29, 0.717) is 36.5 Å². The van der Waals surface area contributed by atoms with E-state index in [0.717, 1.165) is 34.7 Å². The minimum absolute atomic E-state index is 0.241. The average molecular weight is 462 g/mol. The lowest BCUT2D eigenvalue weighted by molar-refractivity contribution is 0.0183. The second-order valence-electron chi connectivity index (χ2n) is 8.42. The van der Waals surface area contributed by atoms with E-state index in [4.69, 9.17) is 13.7 Å². The van der Waals surface area contributed by atoms with Crippen LogP contribution in [0.25, 0.3) is 22.6 Å². The number of rotatable bonds is 3. The van der Waals surface area contributed by atoms with E-state index in [1.54, 1.807) is 4.90 Å². The molecule has 154 valence electrons. The van der Waals surface area contributed by atoms with Gasteiger partial charge in [-0.3, -0.25) is 0 Å². The molecule has 1 aromatic carbocycles. The van der Waals surface area contributed by atoms with Crippen LogP contribution in [0.5, 0.6) is 0 Å². The van der Waals surface area contributed by atoms with Gasteiger partial charge >= 0.3 is 6.09 Å². The zero-order valence-corrected chi connectivity index (χ0v) is 18.4. The molecule has 0 radical (unpaired) electrons. The predicted octanol–water partition coefficient (Wildman–Crippen LogP) is 5.43. The molecule has 0 saturated carbocycles. The lowest BCUT2D eigenvalue weighted by atomic mass is 9.93. The van der Waals surface area contributed by atoms with Gasteiger partial charge in [-0.2, -0.15) is 4.98 Å². The summed E-state index contributed by atoms with van der Waals surface area (Å²) in [5.74, 6) is 2.03. The van der Waals surface area contributed by atoms with E-state index in [1.165, 1.54) is 0 Å². The van der Waals surface area contributed by atoms with Crippen LogP contribution >= 0.6 is 15.9 Å². The highest BCUT2D eigenvalue weighted by atomic mass is 79.9. The molecule has 4 rings (SSSR count). The van der Waals surface area contributed by atoms with Crippen LogP contribution in [0, 0.1) is 5.92 Å². The Bertz CT molecular complexity index is 1010. The van der Waals surface area contributed by atoms with Crippen LogP contribution in [0.2, 0.25) is 0 Å². The van der Waals surface area contributed by atoms with Gasteiger partial charge in [0.15, 0.2) is 11.6 Å². The van der Waals surface area contributed by atoms with Crippen LogP contribution in [0.1, 0.15) is 39.4 Å². The molecule has 29 heavy (non-hydrogen) atoms. The number of piperidine rings is 1.